The molecule has 3 atom stereocenters. The first-order valence-electron chi connectivity index (χ1n) is 12.5. The molecule has 2 aliphatic rings. The van der Waals surface area contributed by atoms with Crippen LogP contribution in [0.25, 0.3) is 33.5 Å². The second-order valence-corrected chi connectivity index (χ2v) is 10.3. The Morgan fingerprint density at radius 3 is 2.59 bits per heavy atom. The van der Waals surface area contributed by atoms with Gasteiger partial charge in [-0.1, -0.05) is 50.3 Å². The molecule has 0 saturated heterocycles. The van der Waals surface area contributed by atoms with Gasteiger partial charge in [0.05, 0.1) is 22.5 Å². The van der Waals surface area contributed by atoms with Crippen molar-refractivity contribution in [3.8, 4) is 28.7 Å². The molecule has 0 saturated carbocycles. The van der Waals surface area contributed by atoms with E-state index in [1.807, 2.05) is 51.1 Å². The Kier molecular flexibility index (Phi) is 5.27. The fourth-order valence-corrected chi connectivity index (χ4v) is 6.26. The minimum absolute atomic E-state index is 0.0169. The molecule has 2 heterocycles. The number of hydrogen-bond acceptors (Lipinski definition) is 5. The fraction of sp³-hybridized carbons (Fsp3) is 0.258. The Hall–Kier alpha value is -4.24. The van der Waals surface area contributed by atoms with E-state index in [-0.39, 0.29) is 29.0 Å². The molecule has 2 aliphatic carbocycles. The first-order chi connectivity index (χ1) is 17.8. The highest BCUT2D eigenvalue weighted by molar-refractivity contribution is 6.02. The van der Waals surface area contributed by atoms with E-state index in [1.54, 1.807) is 24.3 Å². The summed E-state index contributed by atoms with van der Waals surface area (Å²) in [4.78, 5) is 27.7. The second-order valence-electron chi connectivity index (χ2n) is 10.3. The normalized spacial score (nSPS) is 22.7. The first kappa shape index (κ1) is 23.2. The molecule has 6 rings (SSSR count). The van der Waals surface area contributed by atoms with Gasteiger partial charge in [0, 0.05) is 39.1 Å². The number of benzene rings is 2. The Balaban J connectivity index is 1.71. The largest absolute Gasteiger partial charge is 0.293 e. The van der Waals surface area contributed by atoms with Crippen molar-refractivity contribution in [3.63, 3.8) is 0 Å². The van der Waals surface area contributed by atoms with Crippen molar-refractivity contribution in [1.82, 2.24) is 15.0 Å². The third-order valence-corrected chi connectivity index (χ3v) is 8.05. The van der Waals surface area contributed by atoms with Gasteiger partial charge >= 0.3 is 0 Å². The number of fused-ring (bicyclic) bond motifs is 4. The summed E-state index contributed by atoms with van der Waals surface area (Å²) < 4.78 is 15.2. The Morgan fingerprint density at radius 2 is 1.81 bits per heavy atom. The zero-order chi connectivity index (χ0) is 25.9. The smallest absolute Gasteiger partial charge is 0.176 e. The van der Waals surface area contributed by atoms with E-state index in [1.165, 1.54) is 6.07 Å². The average Bonchev–Trinajstić information content (AvgIpc) is 2.90. The van der Waals surface area contributed by atoms with Crippen LogP contribution in [-0.2, 0) is 16.6 Å². The molecule has 0 radical (unpaired) electrons. The SMILES string of the molecule is Cc1cc(-c2nc(-c3ccccc3F)c3c(n2)[C@]2(C)C=C(C#N)C(=O)[C@H](C)[C@H]2CC3)c2ccccc2n1. The van der Waals surface area contributed by atoms with Gasteiger partial charge in [-0.15, -0.1) is 0 Å². The van der Waals surface area contributed by atoms with Gasteiger partial charge in [-0.05, 0) is 49.9 Å². The zero-order valence-corrected chi connectivity index (χ0v) is 20.9. The number of ketones is 1. The number of hydrogen-bond donors (Lipinski definition) is 0. The molecule has 0 aliphatic heterocycles. The summed E-state index contributed by atoms with van der Waals surface area (Å²) >= 11 is 0. The summed E-state index contributed by atoms with van der Waals surface area (Å²) in [6, 6.07) is 18.6. The van der Waals surface area contributed by atoms with Crippen molar-refractivity contribution in [3.05, 3.63) is 89.0 Å². The highest BCUT2D eigenvalue weighted by Gasteiger charge is 2.49. The summed E-state index contributed by atoms with van der Waals surface area (Å²) in [6.07, 6.45) is 3.14. The summed E-state index contributed by atoms with van der Waals surface area (Å²) in [5, 5.41) is 10.7. The Labute approximate surface area is 214 Å². The van der Waals surface area contributed by atoms with Crippen LogP contribution in [0.1, 0.15) is 37.2 Å². The van der Waals surface area contributed by atoms with E-state index >= 15 is 4.39 Å². The highest BCUT2D eigenvalue weighted by atomic mass is 19.1. The molecule has 2 aromatic carbocycles. The lowest BCUT2D eigenvalue weighted by molar-refractivity contribution is -0.121. The number of para-hydroxylation sites is 1. The Bertz CT molecular complexity index is 1680. The summed E-state index contributed by atoms with van der Waals surface area (Å²) in [5.41, 5.74) is 4.60. The number of allylic oxidation sites excluding steroid dienone is 2. The molecular formula is C31H25FN4O. The van der Waals surface area contributed by atoms with Gasteiger partial charge in [0.2, 0.25) is 0 Å². The summed E-state index contributed by atoms with van der Waals surface area (Å²) in [6.45, 7) is 5.88. The molecule has 5 nitrogen and oxygen atoms in total. The minimum Gasteiger partial charge on any atom is -0.293 e. The van der Waals surface area contributed by atoms with E-state index in [0.29, 0.717) is 23.5 Å². The lowest BCUT2D eigenvalue weighted by Crippen LogP contribution is -2.46. The minimum atomic E-state index is -0.665. The number of nitriles is 1. The average molecular weight is 489 g/mol. The molecule has 182 valence electrons. The number of carbonyl (C=O) groups excluding carboxylic acids is 1. The van der Waals surface area contributed by atoms with Gasteiger partial charge in [0.1, 0.15) is 11.9 Å². The predicted molar refractivity (Wildman–Crippen MR) is 140 cm³/mol. The maximum absolute atomic E-state index is 15.2. The number of halogens is 1. The van der Waals surface area contributed by atoms with Gasteiger partial charge in [-0.3, -0.25) is 9.78 Å². The third-order valence-electron chi connectivity index (χ3n) is 8.05. The quantitative estimate of drug-likeness (QED) is 0.331. The number of aryl methyl sites for hydroxylation is 1. The molecule has 2 aromatic heterocycles. The number of aromatic nitrogens is 3. The number of carbonyl (C=O) groups is 1. The molecule has 0 spiro atoms. The molecule has 0 amide bonds. The molecule has 6 heteroatoms. The van der Waals surface area contributed by atoms with Crippen LogP contribution < -0.4 is 0 Å². The Morgan fingerprint density at radius 1 is 1.05 bits per heavy atom. The highest BCUT2D eigenvalue weighted by Crippen LogP contribution is 2.51. The fourth-order valence-electron chi connectivity index (χ4n) is 6.26. The molecule has 0 fully saturated rings. The van der Waals surface area contributed by atoms with Crippen molar-refractivity contribution in [2.75, 3.05) is 0 Å². The lowest BCUT2D eigenvalue weighted by Gasteiger charge is -2.45. The molecular weight excluding hydrogens is 463 g/mol. The van der Waals surface area contributed by atoms with E-state index < -0.39 is 5.41 Å². The second kappa shape index (κ2) is 8.41. The standard InChI is InChI=1S/C31H25FN4O/c1-17-14-23(20-8-5-7-11-26(20)34-17)30-35-27(21-9-4-6-10-25(21)32)22-12-13-24-18(2)28(37)19(16-33)15-31(24,3)29(22)36-30/h4-11,14-15,18,24H,12-13H2,1-3H3/t18-,24-,31-/m1/s1. The summed E-state index contributed by atoms with van der Waals surface area (Å²) in [7, 11) is 0. The van der Waals surface area contributed by atoms with Crippen molar-refractivity contribution in [2.45, 2.75) is 39.0 Å². The monoisotopic (exact) mass is 488 g/mol. The van der Waals surface area contributed by atoms with Crippen LogP contribution >= 0.6 is 0 Å². The van der Waals surface area contributed by atoms with Crippen LogP contribution in [-0.4, -0.2) is 20.7 Å². The van der Waals surface area contributed by atoms with Gasteiger partial charge in [0.15, 0.2) is 11.6 Å². The molecule has 4 aromatic rings. The van der Waals surface area contributed by atoms with Gasteiger partial charge in [-0.25, -0.2) is 14.4 Å². The third kappa shape index (κ3) is 3.49. The number of pyridine rings is 1. The molecule has 0 N–H and O–H groups in total. The maximum atomic E-state index is 15.2. The van der Waals surface area contributed by atoms with E-state index in [2.05, 4.69) is 11.1 Å². The van der Waals surface area contributed by atoms with Crippen LogP contribution in [0.4, 0.5) is 4.39 Å². The maximum Gasteiger partial charge on any atom is 0.176 e. The van der Waals surface area contributed by atoms with E-state index in [4.69, 9.17) is 9.97 Å². The van der Waals surface area contributed by atoms with Crippen LogP contribution in [0.5, 0.6) is 0 Å². The van der Waals surface area contributed by atoms with Crippen LogP contribution in [0.15, 0.2) is 66.2 Å². The van der Waals surface area contributed by atoms with E-state index in [0.717, 1.165) is 39.8 Å². The number of rotatable bonds is 2. The van der Waals surface area contributed by atoms with E-state index in [9.17, 15) is 10.1 Å². The van der Waals surface area contributed by atoms with Gasteiger partial charge in [0.25, 0.3) is 0 Å². The van der Waals surface area contributed by atoms with Crippen LogP contribution in [0.3, 0.4) is 0 Å². The van der Waals surface area contributed by atoms with Gasteiger partial charge < -0.3 is 0 Å². The van der Waals surface area contributed by atoms with Gasteiger partial charge in [-0.2, -0.15) is 5.26 Å². The van der Waals surface area contributed by atoms with Crippen molar-refractivity contribution in [1.29, 1.82) is 5.26 Å². The predicted octanol–water partition coefficient (Wildman–Crippen LogP) is 6.30. The number of nitrogens with zero attached hydrogens (tertiary/aromatic N) is 4. The first-order valence-corrected chi connectivity index (χ1v) is 12.5. The topological polar surface area (TPSA) is 79.5 Å². The molecule has 0 bridgehead atoms. The lowest BCUT2D eigenvalue weighted by atomic mass is 9.57. The van der Waals surface area contributed by atoms with Crippen molar-refractivity contribution < 1.29 is 9.18 Å². The van der Waals surface area contributed by atoms with Crippen molar-refractivity contribution in [2.24, 2.45) is 11.8 Å². The van der Waals surface area contributed by atoms with Crippen LogP contribution in [0.2, 0.25) is 0 Å². The molecule has 0 unspecified atom stereocenters. The summed E-state index contributed by atoms with van der Waals surface area (Å²) in [5.74, 6) is -0.309. The zero-order valence-electron chi connectivity index (χ0n) is 20.9. The number of Topliss-reactive ketones (excluding diaryl/α,β-unsaturated/α-hetero) is 1. The molecule has 37 heavy (non-hydrogen) atoms. The van der Waals surface area contributed by atoms with Crippen LogP contribution in [0, 0.1) is 35.9 Å². The van der Waals surface area contributed by atoms with Crippen molar-refractivity contribution >= 4 is 16.7 Å².